The molecule has 0 bridgehead atoms. The lowest BCUT2D eigenvalue weighted by molar-refractivity contribution is -0.140. The van der Waals surface area contributed by atoms with E-state index in [0.29, 0.717) is 11.1 Å². The number of benzene rings is 2. The van der Waals surface area contributed by atoms with Crippen LogP contribution in [-0.4, -0.2) is 17.4 Å². The minimum absolute atomic E-state index is 0.166. The Morgan fingerprint density at radius 3 is 2.40 bits per heavy atom. The molecule has 0 aliphatic carbocycles. The number of amides is 1. The molecule has 0 aliphatic heterocycles. The minimum atomic E-state index is -4.56. The summed E-state index contributed by atoms with van der Waals surface area (Å²) in [7, 11) is 0. The van der Waals surface area contributed by atoms with Crippen molar-refractivity contribution in [2.45, 2.75) is 6.18 Å². The minimum Gasteiger partial charge on any atom is -0.376 e. The van der Waals surface area contributed by atoms with Gasteiger partial charge in [-0.1, -0.05) is 36.4 Å². The molecule has 0 saturated heterocycles. The molecule has 3 rings (SSSR count). The maximum atomic E-state index is 13.0. The van der Waals surface area contributed by atoms with E-state index < -0.39 is 11.9 Å². The summed E-state index contributed by atoms with van der Waals surface area (Å²) in [5.41, 5.74) is 0.0338. The first kappa shape index (κ1) is 16.8. The van der Waals surface area contributed by atoms with Gasteiger partial charge in [-0.05, 0) is 24.3 Å². The van der Waals surface area contributed by atoms with Gasteiger partial charge in [0.05, 0.1) is 12.1 Å². The van der Waals surface area contributed by atoms with Gasteiger partial charge in [-0.3, -0.25) is 4.79 Å². The lowest BCUT2D eigenvalue weighted by Gasteiger charge is -2.13. The molecule has 128 valence electrons. The van der Waals surface area contributed by atoms with Gasteiger partial charge in [0.25, 0.3) is 0 Å². The third-order valence-electron chi connectivity index (χ3n) is 3.50. The van der Waals surface area contributed by atoms with Crippen molar-refractivity contribution in [2.24, 2.45) is 0 Å². The highest BCUT2D eigenvalue weighted by atomic mass is 19.4. The Morgan fingerprint density at radius 2 is 1.68 bits per heavy atom. The predicted octanol–water partition coefficient (Wildman–Crippen LogP) is 4.30. The summed E-state index contributed by atoms with van der Waals surface area (Å²) < 4.78 is 39.0. The Morgan fingerprint density at radius 1 is 1.00 bits per heavy atom. The number of para-hydroxylation sites is 2. The van der Waals surface area contributed by atoms with E-state index in [1.165, 1.54) is 6.07 Å². The van der Waals surface area contributed by atoms with E-state index in [0.717, 1.165) is 6.07 Å². The summed E-state index contributed by atoms with van der Waals surface area (Å²) in [6, 6.07) is 16.2. The van der Waals surface area contributed by atoms with Crippen LogP contribution in [0.5, 0.6) is 0 Å². The van der Waals surface area contributed by atoms with Gasteiger partial charge < -0.3 is 10.6 Å². The number of hydrogen-bond acceptors (Lipinski definition) is 3. The van der Waals surface area contributed by atoms with Crippen LogP contribution >= 0.6 is 0 Å². The van der Waals surface area contributed by atoms with Crippen molar-refractivity contribution in [3.05, 3.63) is 66.4 Å². The maximum absolute atomic E-state index is 13.0. The summed E-state index contributed by atoms with van der Waals surface area (Å²) in [4.78, 5) is 15.6. The number of pyridine rings is 1. The summed E-state index contributed by atoms with van der Waals surface area (Å²) in [6.07, 6.45) is -4.56. The molecule has 1 heterocycles. The van der Waals surface area contributed by atoms with Gasteiger partial charge in [0.15, 0.2) is 0 Å². The fourth-order valence-electron chi connectivity index (χ4n) is 2.37. The molecule has 0 unspecified atom stereocenters. The number of carbonyl (C=O) groups is 1. The van der Waals surface area contributed by atoms with Crippen LogP contribution in [0, 0.1) is 0 Å². The van der Waals surface area contributed by atoms with Gasteiger partial charge in [-0.15, -0.1) is 0 Å². The van der Waals surface area contributed by atoms with Crippen LogP contribution < -0.4 is 10.6 Å². The highest BCUT2D eigenvalue weighted by Crippen LogP contribution is 2.32. The Balaban J connectivity index is 1.81. The quantitative estimate of drug-likeness (QED) is 0.741. The van der Waals surface area contributed by atoms with Crippen LogP contribution in [0.4, 0.5) is 24.5 Å². The van der Waals surface area contributed by atoms with Gasteiger partial charge in [0, 0.05) is 16.8 Å². The number of rotatable bonds is 4. The molecule has 2 N–H and O–H groups in total. The van der Waals surface area contributed by atoms with Crippen molar-refractivity contribution in [1.29, 1.82) is 0 Å². The maximum Gasteiger partial charge on any atom is 0.433 e. The Hall–Kier alpha value is -3.09. The molecule has 0 aliphatic rings. The first-order valence-corrected chi connectivity index (χ1v) is 7.49. The molecule has 7 heteroatoms. The zero-order chi connectivity index (χ0) is 17.9. The van der Waals surface area contributed by atoms with Crippen LogP contribution in [0.1, 0.15) is 5.69 Å². The van der Waals surface area contributed by atoms with E-state index in [1.807, 2.05) is 6.07 Å². The molecule has 0 spiro atoms. The molecule has 2 aromatic carbocycles. The highest BCUT2D eigenvalue weighted by molar-refractivity contribution is 5.97. The average molecular weight is 345 g/mol. The number of fused-ring (bicyclic) bond motifs is 1. The summed E-state index contributed by atoms with van der Waals surface area (Å²) in [5, 5.41) is 5.95. The zero-order valence-electron chi connectivity index (χ0n) is 13.0. The second-order valence-corrected chi connectivity index (χ2v) is 5.34. The lowest BCUT2D eigenvalue weighted by atomic mass is 10.1. The van der Waals surface area contributed by atoms with Gasteiger partial charge in [0.2, 0.25) is 5.91 Å². The Bertz CT molecular complexity index is 895. The third-order valence-corrected chi connectivity index (χ3v) is 3.50. The van der Waals surface area contributed by atoms with Crippen LogP contribution in [0.2, 0.25) is 0 Å². The standard InChI is InChI=1S/C18H14F3N3O/c19-18(20,21)16-10-15(13-8-4-5-9-14(13)24-16)22-11-17(25)23-12-6-2-1-3-7-12/h1-10H,11H2,(H,22,24)(H,23,25). The van der Waals surface area contributed by atoms with E-state index in [9.17, 15) is 18.0 Å². The summed E-state index contributed by atoms with van der Waals surface area (Å²) in [6.45, 7) is -0.166. The van der Waals surface area contributed by atoms with E-state index >= 15 is 0 Å². The van der Waals surface area contributed by atoms with Crippen LogP contribution in [0.25, 0.3) is 10.9 Å². The van der Waals surface area contributed by atoms with Gasteiger partial charge in [-0.2, -0.15) is 13.2 Å². The smallest absolute Gasteiger partial charge is 0.376 e. The predicted molar refractivity (Wildman–Crippen MR) is 90.3 cm³/mol. The molecule has 0 saturated carbocycles. The monoisotopic (exact) mass is 345 g/mol. The Kier molecular flexibility index (Phi) is 4.56. The van der Waals surface area contributed by atoms with E-state index in [2.05, 4.69) is 15.6 Å². The number of nitrogens with zero attached hydrogens (tertiary/aromatic N) is 1. The van der Waals surface area contributed by atoms with E-state index in [-0.39, 0.29) is 23.7 Å². The second kappa shape index (κ2) is 6.80. The Labute approximate surface area is 141 Å². The number of carbonyl (C=O) groups excluding carboxylic acids is 1. The molecular formula is C18H14F3N3O. The molecule has 4 nitrogen and oxygen atoms in total. The van der Waals surface area contributed by atoms with Gasteiger partial charge in [0.1, 0.15) is 5.69 Å². The van der Waals surface area contributed by atoms with Crippen LogP contribution in [-0.2, 0) is 11.0 Å². The molecular weight excluding hydrogens is 331 g/mol. The third kappa shape index (κ3) is 4.06. The molecule has 0 fully saturated rings. The highest BCUT2D eigenvalue weighted by Gasteiger charge is 2.33. The second-order valence-electron chi connectivity index (χ2n) is 5.34. The van der Waals surface area contributed by atoms with Crippen molar-refractivity contribution < 1.29 is 18.0 Å². The fourth-order valence-corrected chi connectivity index (χ4v) is 2.37. The SMILES string of the molecule is O=C(CNc1cc(C(F)(F)F)nc2ccccc12)Nc1ccccc1. The molecule has 0 atom stereocenters. The number of alkyl halides is 3. The van der Waals surface area contributed by atoms with Crippen molar-refractivity contribution in [3.63, 3.8) is 0 Å². The first-order valence-electron chi connectivity index (χ1n) is 7.49. The van der Waals surface area contributed by atoms with E-state index in [4.69, 9.17) is 0 Å². The average Bonchev–Trinajstić information content (AvgIpc) is 2.59. The largest absolute Gasteiger partial charge is 0.433 e. The normalized spacial score (nSPS) is 11.3. The molecule has 1 aromatic heterocycles. The molecule has 3 aromatic rings. The molecule has 25 heavy (non-hydrogen) atoms. The number of hydrogen-bond donors (Lipinski definition) is 2. The number of anilines is 2. The summed E-state index contributed by atoms with van der Waals surface area (Å²) >= 11 is 0. The molecule has 1 amide bonds. The summed E-state index contributed by atoms with van der Waals surface area (Å²) in [5.74, 6) is -0.361. The topological polar surface area (TPSA) is 54.0 Å². The molecule has 0 radical (unpaired) electrons. The van der Waals surface area contributed by atoms with Crippen LogP contribution in [0.3, 0.4) is 0 Å². The number of aromatic nitrogens is 1. The van der Waals surface area contributed by atoms with Crippen molar-refractivity contribution in [1.82, 2.24) is 4.98 Å². The fraction of sp³-hybridized carbons (Fsp3) is 0.111. The lowest BCUT2D eigenvalue weighted by Crippen LogP contribution is -2.22. The van der Waals surface area contributed by atoms with Gasteiger partial charge in [-0.25, -0.2) is 4.98 Å². The number of halogens is 3. The van der Waals surface area contributed by atoms with Crippen molar-refractivity contribution in [2.75, 3.05) is 17.2 Å². The number of nitrogens with one attached hydrogen (secondary N) is 2. The van der Waals surface area contributed by atoms with Gasteiger partial charge >= 0.3 is 6.18 Å². The van der Waals surface area contributed by atoms with Crippen molar-refractivity contribution >= 4 is 28.2 Å². The van der Waals surface area contributed by atoms with Crippen LogP contribution in [0.15, 0.2) is 60.7 Å². The first-order chi connectivity index (χ1) is 11.9. The van der Waals surface area contributed by atoms with E-state index in [1.54, 1.807) is 42.5 Å². The van der Waals surface area contributed by atoms with Crippen molar-refractivity contribution in [3.8, 4) is 0 Å². The zero-order valence-corrected chi connectivity index (χ0v) is 13.0.